The number of hydrogen-bond acceptors (Lipinski definition) is 5. The molecule has 0 spiro atoms. The van der Waals surface area contributed by atoms with Crippen LogP contribution in [0.2, 0.25) is 0 Å². The molecule has 2 aromatic rings. The number of hydrogen-bond donors (Lipinski definition) is 0. The van der Waals surface area contributed by atoms with Gasteiger partial charge >= 0.3 is 0 Å². The maximum Gasteiger partial charge on any atom is 0.185 e. The molecule has 0 unspecified atom stereocenters. The van der Waals surface area contributed by atoms with Gasteiger partial charge in [-0.2, -0.15) is 5.26 Å². The van der Waals surface area contributed by atoms with Gasteiger partial charge in [-0.3, -0.25) is 4.90 Å². The number of nitriles is 1. The molecule has 0 amide bonds. The minimum atomic E-state index is 0.106. The smallest absolute Gasteiger partial charge is 0.185 e. The highest BCUT2D eigenvalue weighted by Gasteiger charge is 2.22. The average Bonchev–Trinajstić information content (AvgIpc) is 3.13. The zero-order valence-corrected chi connectivity index (χ0v) is 16.4. The lowest BCUT2D eigenvalue weighted by molar-refractivity contribution is 0.288. The van der Waals surface area contributed by atoms with Crippen molar-refractivity contribution in [3.8, 4) is 17.9 Å². The van der Waals surface area contributed by atoms with Crippen LogP contribution in [0.5, 0.6) is 0 Å². The molecule has 2 heterocycles. The maximum atomic E-state index is 8.94. The van der Waals surface area contributed by atoms with Crippen molar-refractivity contribution in [2.24, 2.45) is 0 Å². The third-order valence-electron chi connectivity index (χ3n) is 4.43. The topological polar surface area (TPSA) is 43.2 Å². The lowest BCUT2D eigenvalue weighted by Gasteiger charge is -2.33. The molecule has 134 valence electrons. The minimum absolute atomic E-state index is 0.106. The van der Waals surface area contributed by atoms with E-state index in [1.807, 2.05) is 18.2 Å². The standard InChI is InChI=1S/C21H24N4S/c1-21(2,3)19-16-26-20(23-19)25-12-10-24(11-13-25)9-5-8-17-6-4-7-18(14-17)15-22/h4,6-7,14,16H,9-13H2,1-3H3. The molecule has 0 N–H and O–H groups in total. The minimum Gasteiger partial charge on any atom is -0.346 e. The van der Waals surface area contributed by atoms with E-state index in [-0.39, 0.29) is 5.41 Å². The predicted octanol–water partition coefficient (Wildman–Crippen LogP) is 3.49. The van der Waals surface area contributed by atoms with Gasteiger partial charge in [-0.1, -0.05) is 38.7 Å². The van der Waals surface area contributed by atoms with Crippen LogP contribution in [0, 0.1) is 23.2 Å². The van der Waals surface area contributed by atoms with E-state index in [4.69, 9.17) is 10.2 Å². The second-order valence-electron chi connectivity index (χ2n) is 7.52. The highest BCUT2D eigenvalue weighted by Crippen LogP contribution is 2.29. The number of thiazole rings is 1. The Hall–Kier alpha value is -2.34. The molecule has 1 aromatic heterocycles. The Morgan fingerprint density at radius 1 is 1.15 bits per heavy atom. The molecule has 1 fully saturated rings. The second-order valence-corrected chi connectivity index (χ2v) is 8.36. The van der Waals surface area contributed by atoms with Crippen LogP contribution in [0.25, 0.3) is 0 Å². The molecule has 26 heavy (non-hydrogen) atoms. The number of aromatic nitrogens is 1. The quantitative estimate of drug-likeness (QED) is 0.765. The zero-order valence-electron chi connectivity index (χ0n) is 15.6. The van der Waals surface area contributed by atoms with Crippen LogP contribution < -0.4 is 4.90 Å². The Morgan fingerprint density at radius 3 is 2.54 bits per heavy atom. The molecule has 1 aromatic carbocycles. The zero-order chi connectivity index (χ0) is 18.6. The summed E-state index contributed by atoms with van der Waals surface area (Å²) in [4.78, 5) is 9.57. The van der Waals surface area contributed by atoms with Gasteiger partial charge in [-0.05, 0) is 18.2 Å². The molecule has 0 atom stereocenters. The fourth-order valence-electron chi connectivity index (χ4n) is 2.77. The number of anilines is 1. The van der Waals surface area contributed by atoms with E-state index in [9.17, 15) is 0 Å². The van der Waals surface area contributed by atoms with Crippen molar-refractivity contribution in [2.45, 2.75) is 26.2 Å². The van der Waals surface area contributed by atoms with E-state index in [0.717, 1.165) is 43.4 Å². The Morgan fingerprint density at radius 2 is 1.88 bits per heavy atom. The normalized spacial score (nSPS) is 15.2. The summed E-state index contributed by atoms with van der Waals surface area (Å²) in [6.07, 6.45) is 0. The van der Waals surface area contributed by atoms with Crippen molar-refractivity contribution in [3.05, 3.63) is 46.5 Å². The molecule has 0 bridgehead atoms. The number of benzene rings is 1. The summed E-state index contributed by atoms with van der Waals surface area (Å²) in [6.45, 7) is 11.3. The van der Waals surface area contributed by atoms with Crippen LogP contribution in [0.1, 0.15) is 37.6 Å². The molecule has 1 saturated heterocycles. The van der Waals surface area contributed by atoms with E-state index in [2.05, 4.69) is 53.9 Å². The van der Waals surface area contributed by atoms with Gasteiger partial charge in [-0.15, -0.1) is 11.3 Å². The first-order valence-corrected chi connectivity index (χ1v) is 9.76. The highest BCUT2D eigenvalue weighted by atomic mass is 32.1. The molecule has 1 aliphatic heterocycles. The van der Waals surface area contributed by atoms with Gasteiger partial charge in [0.05, 0.1) is 23.9 Å². The SMILES string of the molecule is CC(C)(C)c1csc(N2CCN(CC#Cc3cccc(C#N)c3)CC2)n1. The van der Waals surface area contributed by atoms with E-state index in [1.165, 1.54) is 5.69 Å². The summed E-state index contributed by atoms with van der Waals surface area (Å²) in [5.41, 5.74) is 2.84. The van der Waals surface area contributed by atoms with Crippen LogP contribution in [-0.2, 0) is 5.41 Å². The monoisotopic (exact) mass is 364 g/mol. The first kappa shape index (κ1) is 18.5. The third kappa shape index (κ3) is 4.64. The molecule has 4 nitrogen and oxygen atoms in total. The van der Waals surface area contributed by atoms with E-state index in [0.29, 0.717) is 5.56 Å². The van der Waals surface area contributed by atoms with E-state index < -0.39 is 0 Å². The number of rotatable bonds is 2. The predicted molar refractivity (Wildman–Crippen MR) is 108 cm³/mol. The third-order valence-corrected chi connectivity index (χ3v) is 5.33. The van der Waals surface area contributed by atoms with Gasteiger partial charge < -0.3 is 4.90 Å². The molecule has 0 radical (unpaired) electrons. The van der Waals surface area contributed by atoms with Crippen LogP contribution >= 0.6 is 11.3 Å². The van der Waals surface area contributed by atoms with Crippen LogP contribution in [-0.4, -0.2) is 42.6 Å². The first-order valence-electron chi connectivity index (χ1n) is 8.88. The van der Waals surface area contributed by atoms with Crippen LogP contribution in [0.15, 0.2) is 29.6 Å². The van der Waals surface area contributed by atoms with E-state index >= 15 is 0 Å². The average molecular weight is 365 g/mol. The van der Waals surface area contributed by atoms with Crippen molar-refractivity contribution >= 4 is 16.5 Å². The first-order chi connectivity index (χ1) is 12.5. The summed E-state index contributed by atoms with van der Waals surface area (Å²) >= 11 is 1.74. The van der Waals surface area contributed by atoms with Crippen LogP contribution in [0.4, 0.5) is 5.13 Å². The Kier molecular flexibility index (Phi) is 5.61. The molecular formula is C21H24N4S. The van der Waals surface area contributed by atoms with Crippen LogP contribution in [0.3, 0.4) is 0 Å². The Balaban J connectivity index is 1.52. The van der Waals surface area contributed by atoms with Gasteiger partial charge in [0.1, 0.15) is 0 Å². The lowest BCUT2D eigenvalue weighted by Crippen LogP contribution is -2.46. The highest BCUT2D eigenvalue weighted by molar-refractivity contribution is 7.13. The summed E-state index contributed by atoms with van der Waals surface area (Å²) < 4.78 is 0. The van der Waals surface area contributed by atoms with Gasteiger partial charge in [0.25, 0.3) is 0 Å². The van der Waals surface area contributed by atoms with Gasteiger partial charge in [0.15, 0.2) is 5.13 Å². The van der Waals surface area contributed by atoms with E-state index in [1.54, 1.807) is 17.4 Å². The van der Waals surface area contributed by atoms with Crippen molar-refractivity contribution in [1.29, 1.82) is 5.26 Å². The fraction of sp³-hybridized carbons (Fsp3) is 0.429. The van der Waals surface area contributed by atoms with Gasteiger partial charge in [0, 0.05) is 42.5 Å². The second kappa shape index (κ2) is 7.91. The lowest BCUT2D eigenvalue weighted by atomic mass is 9.93. The maximum absolute atomic E-state index is 8.94. The Labute approximate surface area is 160 Å². The van der Waals surface area contributed by atoms with Gasteiger partial charge in [0.2, 0.25) is 0 Å². The molecule has 3 rings (SSSR count). The van der Waals surface area contributed by atoms with Crippen molar-refractivity contribution in [3.63, 3.8) is 0 Å². The van der Waals surface area contributed by atoms with Crippen molar-refractivity contribution < 1.29 is 0 Å². The number of nitrogens with zero attached hydrogens (tertiary/aromatic N) is 4. The molecule has 0 saturated carbocycles. The summed E-state index contributed by atoms with van der Waals surface area (Å²) in [5, 5.41) is 12.3. The molecule has 0 aliphatic carbocycles. The van der Waals surface area contributed by atoms with Crippen molar-refractivity contribution in [2.75, 3.05) is 37.6 Å². The molecule has 5 heteroatoms. The molecule has 1 aliphatic rings. The summed E-state index contributed by atoms with van der Waals surface area (Å²) in [5.74, 6) is 6.40. The molecular weight excluding hydrogens is 340 g/mol. The largest absolute Gasteiger partial charge is 0.346 e. The summed E-state index contributed by atoms with van der Waals surface area (Å²) in [6, 6.07) is 9.60. The van der Waals surface area contributed by atoms with Crippen molar-refractivity contribution in [1.82, 2.24) is 9.88 Å². The number of piperazine rings is 1. The van der Waals surface area contributed by atoms with Gasteiger partial charge in [-0.25, -0.2) is 4.98 Å². The Bertz CT molecular complexity index is 852. The summed E-state index contributed by atoms with van der Waals surface area (Å²) in [7, 11) is 0. The fourth-order valence-corrected chi connectivity index (χ4v) is 3.88.